The Labute approximate surface area is 717 Å². The van der Waals surface area contributed by atoms with Gasteiger partial charge in [-0.05, 0) is 302 Å². The van der Waals surface area contributed by atoms with Crippen LogP contribution in [0.5, 0.6) is 23.0 Å². The normalized spacial score (nSPS) is 37.1. The minimum Gasteiger partial charge on any atom is -0.507 e. The van der Waals surface area contributed by atoms with Gasteiger partial charge >= 0.3 is 0 Å². The summed E-state index contributed by atoms with van der Waals surface area (Å²) in [5.74, 6) is 8.59. The molecule has 8 unspecified atom stereocenters. The van der Waals surface area contributed by atoms with Gasteiger partial charge in [0.15, 0.2) is 0 Å². The maximum Gasteiger partial charge on any atom is 0.123 e. The summed E-state index contributed by atoms with van der Waals surface area (Å²) < 4.78 is 0. The van der Waals surface area contributed by atoms with E-state index in [2.05, 4.69) is 278 Å². The standard InChI is InChI=1S/C29H45BrO.C27H41BrO.C25H37BrO.C23H33BrO/c1-19(2)10-27-12-21-13-28(16-27,11-20(3)4)18-29(14-21,17-27)24-9-23(26(5,6)7)8-22(15-30)25(24)31;1-17(2)25-10-19-11-26(14-25,18(3)4)16-27(12-19,15-25)22-9-21(24(5,6)7)8-20(13-28)23(22)29;1-6-23-10-17-11-24(7-2,14-23)16-25(12-17,15-23)20-9-19(22(3,4)5)8-18(13-26)21(20)27;1-20(2,3)17-6-16(11-24)19(25)18(7-17)23-10-15-8-21(4,13-23)12-22(5,9-15)14-23/h8-9,19-21,31H,10-18H2,1-7H3;8-9,17-19,29H,10-16H2,1-7H3;8-9,17,27H,6-7,10-16H2,1-5H3;6-7,15,25H,8-14H2,1-5H3. The molecule has 0 spiro atoms. The highest BCUT2D eigenvalue weighted by Crippen LogP contribution is 2.78. The first-order valence-electron chi connectivity index (χ1n) is 45.5. The molecule has 624 valence electrons. The topological polar surface area (TPSA) is 80.9 Å². The molecule has 16 bridgehead atoms. The first-order chi connectivity index (χ1) is 51.7. The zero-order valence-electron chi connectivity index (χ0n) is 75.2. The van der Waals surface area contributed by atoms with E-state index in [-0.39, 0.29) is 43.3 Å². The second-order valence-corrected chi connectivity index (χ2v) is 51.6. The van der Waals surface area contributed by atoms with Crippen LogP contribution in [0.1, 0.15) is 413 Å². The van der Waals surface area contributed by atoms with Gasteiger partial charge in [0.2, 0.25) is 0 Å². The molecule has 8 heteroatoms. The molecule has 20 rings (SSSR count). The third-order valence-electron chi connectivity index (χ3n) is 34.1. The maximum atomic E-state index is 11.5. The fourth-order valence-electron chi connectivity index (χ4n) is 31.7. The number of phenolic OH excluding ortho intramolecular Hbond substituents is 4. The Bertz CT molecular complexity index is 4040. The van der Waals surface area contributed by atoms with E-state index in [1.54, 1.807) is 0 Å². The molecule has 112 heavy (non-hydrogen) atoms. The van der Waals surface area contributed by atoms with Crippen LogP contribution in [-0.4, -0.2) is 20.4 Å². The molecule has 0 aromatic heterocycles. The molecule has 16 aliphatic carbocycles. The smallest absolute Gasteiger partial charge is 0.123 e. The SMILES string of the molecule is CC(C)C12CC3CC(c4cc(C(C)(C)C)cc(CBr)c4O)(C1)CC(C(C)C)(C3)C2.CC(C)CC12CC3CC(CC(C)C)(C1)CC(c1cc(C(C)(C)C)cc(CBr)c1O)(C3)C2.CC12CC3CC(C)(C1)CC(c1cc(C(C)(C)C)cc(CBr)c1O)(C3)C2.CCC12CC3CC(CC)(C1)CC(c1cc(C(C)(C)C)cc(CBr)c1O)(C3)C2. The molecule has 0 heterocycles. The Hall–Kier alpha value is -2.00. The van der Waals surface area contributed by atoms with Crippen molar-refractivity contribution in [3.05, 3.63) is 115 Å². The molecule has 0 saturated heterocycles. The maximum absolute atomic E-state index is 11.5. The Kier molecular flexibility index (Phi) is 23.5. The number of phenols is 4. The molecule has 16 aliphatic rings. The van der Waals surface area contributed by atoms with Crippen molar-refractivity contribution < 1.29 is 20.4 Å². The van der Waals surface area contributed by atoms with Crippen molar-refractivity contribution in [1.82, 2.24) is 0 Å². The molecule has 0 radical (unpaired) electrons. The summed E-state index contributed by atoms with van der Waals surface area (Å²) >= 11 is 14.6. The van der Waals surface area contributed by atoms with Gasteiger partial charge in [-0.3, -0.25) is 0 Å². The summed E-state index contributed by atoms with van der Waals surface area (Å²) in [6.07, 6.45) is 37.6. The van der Waals surface area contributed by atoms with Crippen LogP contribution in [0.4, 0.5) is 0 Å². The minimum absolute atomic E-state index is 0.0902. The fourth-order valence-corrected chi connectivity index (χ4v) is 33.4. The van der Waals surface area contributed by atoms with Gasteiger partial charge in [0.1, 0.15) is 23.0 Å². The van der Waals surface area contributed by atoms with E-state index in [0.29, 0.717) is 78.2 Å². The third kappa shape index (κ3) is 16.0. The van der Waals surface area contributed by atoms with E-state index in [9.17, 15) is 20.4 Å². The summed E-state index contributed by atoms with van der Waals surface area (Å²) in [5, 5.41) is 48.4. The zero-order valence-corrected chi connectivity index (χ0v) is 81.5. The van der Waals surface area contributed by atoms with Crippen molar-refractivity contribution in [2.75, 3.05) is 0 Å². The Morgan fingerprint density at radius 2 is 0.562 bits per heavy atom. The van der Waals surface area contributed by atoms with Crippen molar-refractivity contribution in [3.8, 4) is 23.0 Å². The van der Waals surface area contributed by atoms with E-state index in [0.717, 1.165) is 79.1 Å². The number of hydrogen-bond acceptors (Lipinski definition) is 4. The van der Waals surface area contributed by atoms with Gasteiger partial charge in [-0.25, -0.2) is 0 Å². The van der Waals surface area contributed by atoms with Gasteiger partial charge in [0.25, 0.3) is 0 Å². The van der Waals surface area contributed by atoms with Gasteiger partial charge in [-0.1, -0.05) is 291 Å². The second kappa shape index (κ2) is 30.0. The van der Waals surface area contributed by atoms with Gasteiger partial charge in [0.05, 0.1) is 0 Å². The van der Waals surface area contributed by atoms with Crippen LogP contribution in [0, 0.1) is 90.7 Å². The zero-order chi connectivity index (χ0) is 82.1. The predicted octanol–water partition coefficient (Wildman–Crippen LogP) is 31.4. The number of alkyl halides is 4. The van der Waals surface area contributed by atoms with Crippen LogP contribution in [0.15, 0.2) is 48.5 Å². The van der Waals surface area contributed by atoms with Crippen molar-refractivity contribution >= 4 is 63.7 Å². The summed E-state index contributed by atoms with van der Waals surface area (Å²) in [6.45, 7) is 56.9. The monoisotopic (exact) mass is 1780 g/mol. The van der Waals surface area contributed by atoms with Crippen LogP contribution >= 0.6 is 63.7 Å². The van der Waals surface area contributed by atoms with Crippen LogP contribution in [0.2, 0.25) is 0 Å². The largest absolute Gasteiger partial charge is 0.507 e. The van der Waals surface area contributed by atoms with Crippen molar-refractivity contribution in [1.29, 1.82) is 0 Å². The van der Waals surface area contributed by atoms with Crippen molar-refractivity contribution in [2.45, 2.75) is 411 Å². The summed E-state index contributed by atoms with van der Waals surface area (Å²) in [6, 6.07) is 18.5. The Morgan fingerprint density at radius 1 is 0.312 bits per heavy atom. The first-order valence-corrected chi connectivity index (χ1v) is 50.0. The number of halogens is 4. The quantitative estimate of drug-likeness (QED) is 0.0843. The van der Waals surface area contributed by atoms with E-state index >= 15 is 0 Å². The van der Waals surface area contributed by atoms with Gasteiger partial charge in [-0.15, -0.1) is 0 Å². The molecule has 16 fully saturated rings. The van der Waals surface area contributed by atoms with Crippen LogP contribution in [0.3, 0.4) is 0 Å². The predicted molar refractivity (Wildman–Crippen MR) is 489 cm³/mol. The van der Waals surface area contributed by atoms with Gasteiger partial charge in [-0.2, -0.15) is 0 Å². The molecule has 4 aromatic carbocycles. The molecule has 4 N–H and O–H groups in total. The molecule has 4 nitrogen and oxygen atoms in total. The summed E-state index contributed by atoms with van der Waals surface area (Å²) in [4.78, 5) is 0. The van der Waals surface area contributed by atoms with Crippen LogP contribution in [0.25, 0.3) is 0 Å². The first kappa shape index (κ1) is 87.8. The molecular weight excluding hydrogens is 1630 g/mol. The lowest BCUT2D eigenvalue weighted by Gasteiger charge is -2.69. The van der Waals surface area contributed by atoms with Crippen LogP contribution in [-0.2, 0) is 64.6 Å². The van der Waals surface area contributed by atoms with E-state index < -0.39 is 0 Å². The number of rotatable bonds is 16. The highest BCUT2D eigenvalue weighted by Gasteiger charge is 2.68. The molecule has 8 atom stereocenters. The lowest BCUT2D eigenvalue weighted by Crippen LogP contribution is -2.61. The van der Waals surface area contributed by atoms with Crippen molar-refractivity contribution in [2.24, 2.45) is 90.7 Å². The average molecular weight is 1790 g/mol. The molecule has 0 amide bonds. The Morgan fingerprint density at radius 3 is 0.821 bits per heavy atom. The summed E-state index contributed by atoms with van der Waals surface area (Å²) in [5.41, 5.74) is 19.7. The number of benzene rings is 4. The summed E-state index contributed by atoms with van der Waals surface area (Å²) in [7, 11) is 0. The average Bonchev–Trinajstić information content (AvgIpc) is 0.691. The van der Waals surface area contributed by atoms with Crippen molar-refractivity contribution in [3.63, 3.8) is 0 Å². The van der Waals surface area contributed by atoms with E-state index in [1.807, 2.05) is 0 Å². The third-order valence-corrected chi connectivity index (χ3v) is 36.5. The highest BCUT2D eigenvalue weighted by molar-refractivity contribution is 9.09. The minimum atomic E-state index is 0.0902. The number of aromatic hydroxyl groups is 4. The van der Waals surface area contributed by atoms with Gasteiger partial charge < -0.3 is 20.4 Å². The fraction of sp³-hybridized carbons (Fsp3) is 0.769. The Balaban J connectivity index is 0.000000131. The van der Waals surface area contributed by atoms with Gasteiger partial charge in [0, 0.05) is 87.5 Å². The van der Waals surface area contributed by atoms with E-state index in [4.69, 9.17) is 0 Å². The molecule has 4 aromatic rings. The second-order valence-electron chi connectivity index (χ2n) is 49.4. The number of hydrogen-bond donors (Lipinski definition) is 4. The van der Waals surface area contributed by atoms with E-state index in [1.165, 1.54) is 224 Å². The molecule has 0 aliphatic heterocycles. The highest BCUT2D eigenvalue weighted by atomic mass is 79.9. The lowest BCUT2D eigenvalue weighted by atomic mass is 9.35. The molecule has 16 saturated carbocycles. The molecular formula is C104H156Br4O4. The lowest BCUT2D eigenvalue weighted by molar-refractivity contribution is -0.163. The van der Waals surface area contributed by atoms with Crippen LogP contribution < -0.4 is 0 Å².